The summed E-state index contributed by atoms with van der Waals surface area (Å²) in [5.41, 5.74) is 1.79. The summed E-state index contributed by atoms with van der Waals surface area (Å²) in [6, 6.07) is 5.61. The van der Waals surface area contributed by atoms with Gasteiger partial charge in [0.05, 0.1) is 0 Å². The topological polar surface area (TPSA) is 17.1 Å². The van der Waals surface area contributed by atoms with E-state index in [0.29, 0.717) is 5.56 Å². The molecule has 0 aliphatic carbocycles. The van der Waals surface area contributed by atoms with Gasteiger partial charge in [0.1, 0.15) is 0 Å². The average molecular weight is 278 g/mol. The number of aldehydes is 1. The molecule has 0 aliphatic rings. The van der Waals surface area contributed by atoms with Gasteiger partial charge in [0.25, 0.3) is 0 Å². The third kappa shape index (κ3) is 1.91. The molecule has 0 N–H and O–H groups in total. The van der Waals surface area contributed by atoms with Gasteiger partial charge in [-0.1, -0.05) is 34.1 Å². The normalized spacial score (nSPS) is 9.64. The molecule has 11 heavy (non-hydrogen) atoms. The lowest BCUT2D eigenvalue weighted by Gasteiger charge is -2.00. The van der Waals surface area contributed by atoms with E-state index in [0.717, 1.165) is 21.7 Å². The predicted molar refractivity (Wildman–Crippen MR) is 52.2 cm³/mol. The van der Waals surface area contributed by atoms with E-state index in [1.54, 1.807) is 6.07 Å². The van der Waals surface area contributed by atoms with E-state index in [-0.39, 0.29) is 0 Å². The number of benzene rings is 1. The number of hydrogen-bond acceptors (Lipinski definition) is 1. The largest absolute Gasteiger partial charge is 0.298 e. The average Bonchev–Trinajstić information content (AvgIpc) is 2.05. The van der Waals surface area contributed by atoms with Crippen LogP contribution < -0.4 is 0 Å². The van der Waals surface area contributed by atoms with Gasteiger partial charge in [-0.25, -0.2) is 0 Å². The van der Waals surface area contributed by atoms with Crippen molar-refractivity contribution < 1.29 is 4.79 Å². The van der Waals surface area contributed by atoms with Crippen LogP contribution in [0.1, 0.15) is 15.9 Å². The highest BCUT2D eigenvalue weighted by molar-refractivity contribution is 9.10. The highest BCUT2D eigenvalue weighted by Crippen LogP contribution is 2.22. The first-order chi connectivity index (χ1) is 5.29. The highest BCUT2D eigenvalue weighted by atomic mass is 79.9. The van der Waals surface area contributed by atoms with Gasteiger partial charge in [-0.15, -0.1) is 0 Å². The summed E-state index contributed by atoms with van der Waals surface area (Å²) in [4.78, 5) is 10.5. The van der Waals surface area contributed by atoms with Crippen molar-refractivity contribution >= 4 is 38.1 Å². The minimum atomic E-state index is 0.696. The van der Waals surface area contributed by atoms with Gasteiger partial charge in [-0.05, 0) is 21.5 Å². The second-order valence-electron chi connectivity index (χ2n) is 2.07. The molecule has 58 valence electrons. The van der Waals surface area contributed by atoms with Crippen LogP contribution in [0.3, 0.4) is 0 Å². The smallest absolute Gasteiger partial charge is 0.151 e. The fourth-order valence-electron chi connectivity index (χ4n) is 0.794. The van der Waals surface area contributed by atoms with Gasteiger partial charge in [0.2, 0.25) is 0 Å². The Morgan fingerprint density at radius 2 is 2.18 bits per heavy atom. The zero-order valence-electron chi connectivity index (χ0n) is 5.68. The van der Waals surface area contributed by atoms with Crippen molar-refractivity contribution in [2.75, 3.05) is 0 Å². The molecule has 0 aromatic heterocycles. The zero-order valence-corrected chi connectivity index (χ0v) is 8.85. The molecule has 0 fully saturated rings. The van der Waals surface area contributed by atoms with Crippen molar-refractivity contribution in [1.82, 2.24) is 0 Å². The van der Waals surface area contributed by atoms with Gasteiger partial charge >= 0.3 is 0 Å². The van der Waals surface area contributed by atoms with Crippen molar-refractivity contribution in [2.45, 2.75) is 5.33 Å². The van der Waals surface area contributed by atoms with Crippen LogP contribution in [0.15, 0.2) is 22.7 Å². The Bertz CT molecular complexity index is 271. The summed E-state index contributed by atoms with van der Waals surface area (Å²) in [5.74, 6) is 0. The third-order valence-electron chi connectivity index (χ3n) is 1.38. The van der Waals surface area contributed by atoms with Gasteiger partial charge in [-0.2, -0.15) is 0 Å². The molecular formula is C8H6Br2O. The van der Waals surface area contributed by atoms with Crippen molar-refractivity contribution in [3.8, 4) is 0 Å². The number of alkyl halides is 1. The van der Waals surface area contributed by atoms with Gasteiger partial charge in [0.15, 0.2) is 6.29 Å². The summed E-state index contributed by atoms with van der Waals surface area (Å²) in [6.45, 7) is 0. The molecule has 0 atom stereocenters. The molecule has 3 heteroatoms. The predicted octanol–water partition coefficient (Wildman–Crippen LogP) is 3.16. The molecule has 1 aromatic rings. The van der Waals surface area contributed by atoms with E-state index < -0.39 is 0 Å². The Balaban J connectivity index is 3.20. The van der Waals surface area contributed by atoms with E-state index in [1.807, 2.05) is 12.1 Å². The van der Waals surface area contributed by atoms with Crippen LogP contribution in [-0.4, -0.2) is 6.29 Å². The quantitative estimate of drug-likeness (QED) is 0.600. The Labute approximate surface area is 82.1 Å². The van der Waals surface area contributed by atoms with Gasteiger partial charge in [-0.3, -0.25) is 4.79 Å². The van der Waals surface area contributed by atoms with Crippen molar-refractivity contribution in [3.63, 3.8) is 0 Å². The van der Waals surface area contributed by atoms with Gasteiger partial charge in [0, 0.05) is 15.4 Å². The SMILES string of the molecule is O=Cc1cccc(CBr)c1Br. The van der Waals surface area contributed by atoms with Gasteiger partial charge < -0.3 is 0 Å². The maximum Gasteiger partial charge on any atom is 0.151 e. The molecule has 0 saturated heterocycles. The molecule has 0 unspecified atom stereocenters. The summed E-state index contributed by atoms with van der Waals surface area (Å²) in [5, 5.41) is 0.759. The standard InChI is InChI=1S/C8H6Br2O/c9-4-6-2-1-3-7(5-11)8(6)10/h1-3,5H,4H2. The Morgan fingerprint density at radius 1 is 1.45 bits per heavy atom. The van der Waals surface area contributed by atoms with E-state index >= 15 is 0 Å². The molecule has 1 aromatic carbocycles. The fourth-order valence-corrected chi connectivity index (χ4v) is 2.14. The summed E-state index contributed by atoms with van der Waals surface area (Å²) >= 11 is 6.67. The number of carbonyl (C=O) groups is 1. The minimum Gasteiger partial charge on any atom is -0.298 e. The molecule has 0 bridgehead atoms. The Morgan fingerprint density at radius 3 is 2.73 bits per heavy atom. The second kappa shape index (κ2) is 4.02. The minimum absolute atomic E-state index is 0.696. The first-order valence-electron chi connectivity index (χ1n) is 3.08. The lowest BCUT2D eigenvalue weighted by atomic mass is 10.2. The summed E-state index contributed by atoms with van der Waals surface area (Å²) in [7, 11) is 0. The van der Waals surface area contributed by atoms with Crippen LogP contribution in [-0.2, 0) is 5.33 Å². The fraction of sp³-hybridized carbons (Fsp3) is 0.125. The lowest BCUT2D eigenvalue weighted by molar-refractivity contribution is 0.112. The first-order valence-corrected chi connectivity index (χ1v) is 4.99. The van der Waals surface area contributed by atoms with Crippen molar-refractivity contribution in [2.24, 2.45) is 0 Å². The number of halogens is 2. The highest BCUT2D eigenvalue weighted by Gasteiger charge is 2.01. The molecule has 1 nitrogen and oxygen atoms in total. The van der Waals surface area contributed by atoms with Crippen LogP contribution in [0.25, 0.3) is 0 Å². The van der Waals surface area contributed by atoms with Crippen LogP contribution in [0.2, 0.25) is 0 Å². The molecule has 0 radical (unpaired) electrons. The Hall–Kier alpha value is -0.150. The van der Waals surface area contributed by atoms with E-state index in [9.17, 15) is 4.79 Å². The van der Waals surface area contributed by atoms with Crippen molar-refractivity contribution in [1.29, 1.82) is 0 Å². The maximum absolute atomic E-state index is 10.5. The third-order valence-corrected chi connectivity index (χ3v) is 2.95. The molecule has 0 spiro atoms. The second-order valence-corrected chi connectivity index (χ2v) is 3.43. The first kappa shape index (κ1) is 8.94. The maximum atomic E-state index is 10.5. The molecular weight excluding hydrogens is 272 g/mol. The number of hydrogen-bond donors (Lipinski definition) is 0. The number of carbonyl (C=O) groups excluding carboxylic acids is 1. The molecule has 1 rings (SSSR count). The van der Waals surface area contributed by atoms with E-state index in [1.165, 1.54) is 0 Å². The number of rotatable bonds is 2. The molecule has 0 amide bonds. The van der Waals surface area contributed by atoms with Crippen LogP contribution >= 0.6 is 31.9 Å². The Kier molecular flexibility index (Phi) is 3.27. The van der Waals surface area contributed by atoms with Crippen LogP contribution in [0.5, 0.6) is 0 Å². The summed E-state index contributed by atoms with van der Waals surface area (Å²) < 4.78 is 0.881. The molecule has 0 saturated carbocycles. The van der Waals surface area contributed by atoms with Crippen LogP contribution in [0.4, 0.5) is 0 Å². The zero-order chi connectivity index (χ0) is 8.27. The summed E-state index contributed by atoms with van der Waals surface area (Å²) in [6.07, 6.45) is 0.843. The van der Waals surface area contributed by atoms with E-state index in [2.05, 4.69) is 31.9 Å². The van der Waals surface area contributed by atoms with Crippen molar-refractivity contribution in [3.05, 3.63) is 33.8 Å². The monoisotopic (exact) mass is 276 g/mol. The van der Waals surface area contributed by atoms with Crippen LogP contribution in [0, 0.1) is 0 Å². The molecule has 0 heterocycles. The lowest BCUT2D eigenvalue weighted by Crippen LogP contribution is -1.86. The van der Waals surface area contributed by atoms with E-state index in [4.69, 9.17) is 0 Å². The molecule has 0 aliphatic heterocycles.